The van der Waals surface area contributed by atoms with E-state index in [1.165, 1.54) is 0 Å². The molecule has 0 aliphatic heterocycles. The third-order valence-electron chi connectivity index (χ3n) is 3.24. The molecule has 0 saturated carbocycles. The molecule has 0 aromatic heterocycles. The Morgan fingerprint density at radius 1 is 1.30 bits per heavy atom. The lowest BCUT2D eigenvalue weighted by atomic mass is 10.2. The van der Waals surface area contributed by atoms with E-state index in [0.29, 0.717) is 19.5 Å². The summed E-state index contributed by atoms with van der Waals surface area (Å²) in [7, 11) is 0. The quantitative estimate of drug-likeness (QED) is 0.767. The number of nitrogens with zero attached hydrogens (tertiary/aromatic N) is 3. The minimum Gasteiger partial charge on any atom is -0.362 e. The molecule has 1 aromatic rings. The molecule has 0 unspecified atom stereocenters. The Hall–Kier alpha value is -2.02. The smallest absolute Gasteiger partial charge is 0.242 e. The first-order valence-corrected chi connectivity index (χ1v) is 7.06. The molecule has 0 saturated heterocycles. The van der Waals surface area contributed by atoms with E-state index in [-0.39, 0.29) is 11.9 Å². The average molecular weight is 273 g/mol. The van der Waals surface area contributed by atoms with E-state index in [1.807, 2.05) is 56.0 Å². The normalized spacial score (nSPS) is 10.2. The van der Waals surface area contributed by atoms with Crippen LogP contribution in [0.3, 0.4) is 0 Å². The molecule has 0 aliphatic carbocycles. The molecule has 0 radical (unpaired) electrons. The third-order valence-corrected chi connectivity index (χ3v) is 3.24. The number of amides is 1. The van der Waals surface area contributed by atoms with E-state index in [2.05, 4.69) is 6.07 Å². The lowest BCUT2D eigenvalue weighted by Gasteiger charge is -2.30. The van der Waals surface area contributed by atoms with Gasteiger partial charge in [-0.2, -0.15) is 5.26 Å². The van der Waals surface area contributed by atoms with Crippen LogP contribution in [0.25, 0.3) is 0 Å². The summed E-state index contributed by atoms with van der Waals surface area (Å²) in [6.07, 6.45) is 0.376. The molecule has 0 heterocycles. The van der Waals surface area contributed by atoms with Gasteiger partial charge in [0.2, 0.25) is 5.91 Å². The zero-order valence-electron chi connectivity index (χ0n) is 12.5. The molecule has 0 fully saturated rings. The number of hydrogen-bond acceptors (Lipinski definition) is 3. The molecule has 1 amide bonds. The molecule has 1 rings (SSSR count). The predicted octanol–water partition coefficient (Wildman–Crippen LogP) is 2.66. The Kier molecular flexibility index (Phi) is 6.58. The average Bonchev–Trinajstić information content (AvgIpc) is 2.45. The topological polar surface area (TPSA) is 47.3 Å². The van der Waals surface area contributed by atoms with Crippen LogP contribution in [0.5, 0.6) is 0 Å². The summed E-state index contributed by atoms with van der Waals surface area (Å²) < 4.78 is 0. The summed E-state index contributed by atoms with van der Waals surface area (Å²) in [5.74, 6) is 0.0703. The number of carbonyl (C=O) groups excluding carboxylic acids is 1. The highest BCUT2D eigenvalue weighted by Gasteiger charge is 2.19. The Morgan fingerprint density at radius 3 is 2.45 bits per heavy atom. The second-order valence-electron chi connectivity index (χ2n) is 4.94. The predicted molar refractivity (Wildman–Crippen MR) is 81.4 cm³/mol. The number of carbonyl (C=O) groups is 1. The molecule has 1 aromatic carbocycles. The Labute approximate surface area is 121 Å². The maximum absolute atomic E-state index is 12.4. The van der Waals surface area contributed by atoms with Gasteiger partial charge in [0.05, 0.1) is 19.0 Å². The number of para-hydroxylation sites is 1. The third kappa shape index (κ3) is 4.58. The van der Waals surface area contributed by atoms with Gasteiger partial charge in [-0.1, -0.05) is 18.2 Å². The van der Waals surface area contributed by atoms with Gasteiger partial charge in [-0.05, 0) is 32.9 Å². The summed E-state index contributed by atoms with van der Waals surface area (Å²) in [6, 6.07) is 12.1. The van der Waals surface area contributed by atoms with Crippen LogP contribution in [0.4, 0.5) is 5.69 Å². The molecular formula is C16H23N3O. The van der Waals surface area contributed by atoms with Crippen LogP contribution in [-0.2, 0) is 4.79 Å². The molecule has 20 heavy (non-hydrogen) atoms. The number of hydrogen-bond donors (Lipinski definition) is 0. The lowest BCUT2D eigenvalue weighted by Crippen LogP contribution is -2.44. The van der Waals surface area contributed by atoms with E-state index in [9.17, 15) is 4.79 Å². The molecule has 0 bridgehead atoms. The molecule has 4 nitrogen and oxygen atoms in total. The number of rotatable bonds is 7. The van der Waals surface area contributed by atoms with Crippen LogP contribution >= 0.6 is 0 Å². The van der Waals surface area contributed by atoms with Gasteiger partial charge in [0.15, 0.2) is 0 Å². The van der Waals surface area contributed by atoms with Crippen LogP contribution in [0.1, 0.15) is 27.2 Å². The van der Waals surface area contributed by atoms with Gasteiger partial charge in [0.1, 0.15) is 0 Å². The van der Waals surface area contributed by atoms with Crippen LogP contribution in [0.15, 0.2) is 30.3 Å². The van der Waals surface area contributed by atoms with Crippen molar-refractivity contribution in [3.8, 4) is 6.07 Å². The second kappa shape index (κ2) is 8.21. The first-order valence-electron chi connectivity index (χ1n) is 7.06. The number of likely N-dealkylation sites (N-methyl/N-ethyl adjacent to an activating group) is 1. The maximum atomic E-state index is 12.4. The molecule has 0 spiro atoms. The molecule has 108 valence electrons. The highest BCUT2D eigenvalue weighted by Crippen LogP contribution is 2.13. The lowest BCUT2D eigenvalue weighted by molar-refractivity contribution is -0.131. The van der Waals surface area contributed by atoms with Gasteiger partial charge in [-0.3, -0.25) is 4.79 Å². The van der Waals surface area contributed by atoms with Crippen LogP contribution in [0, 0.1) is 11.3 Å². The number of benzene rings is 1. The monoisotopic (exact) mass is 273 g/mol. The second-order valence-corrected chi connectivity index (χ2v) is 4.94. The van der Waals surface area contributed by atoms with Crippen molar-refractivity contribution in [2.45, 2.75) is 33.2 Å². The fourth-order valence-electron chi connectivity index (χ4n) is 2.12. The first-order chi connectivity index (χ1) is 9.60. The standard InChI is InChI=1S/C16H23N3O/c1-4-18(15-9-6-5-7-10-15)13-16(20)19(14(2)3)12-8-11-17/h5-7,9-10,14H,4,8,12-13H2,1-3H3. The summed E-state index contributed by atoms with van der Waals surface area (Å²) in [4.78, 5) is 16.2. The Bertz CT molecular complexity index is 451. The summed E-state index contributed by atoms with van der Waals surface area (Å²) in [5, 5.41) is 8.69. The van der Waals surface area contributed by atoms with Gasteiger partial charge in [0.25, 0.3) is 0 Å². The van der Waals surface area contributed by atoms with Crippen molar-refractivity contribution in [2.24, 2.45) is 0 Å². The SMILES string of the molecule is CCN(CC(=O)N(CCC#N)C(C)C)c1ccccc1. The van der Waals surface area contributed by atoms with Crippen LogP contribution in [-0.4, -0.2) is 36.5 Å². The highest BCUT2D eigenvalue weighted by atomic mass is 16.2. The molecule has 0 aliphatic rings. The van der Waals surface area contributed by atoms with Gasteiger partial charge >= 0.3 is 0 Å². The molecule has 4 heteroatoms. The first kappa shape index (κ1) is 16.0. The van der Waals surface area contributed by atoms with Crippen molar-refractivity contribution >= 4 is 11.6 Å². The van der Waals surface area contributed by atoms with Gasteiger partial charge in [0, 0.05) is 24.8 Å². The molecular weight excluding hydrogens is 250 g/mol. The summed E-state index contributed by atoms with van der Waals surface area (Å²) in [5.41, 5.74) is 1.05. The van der Waals surface area contributed by atoms with Crippen molar-refractivity contribution in [3.63, 3.8) is 0 Å². The van der Waals surface area contributed by atoms with Crippen molar-refractivity contribution in [2.75, 3.05) is 24.5 Å². The Morgan fingerprint density at radius 2 is 1.95 bits per heavy atom. The van der Waals surface area contributed by atoms with Crippen molar-refractivity contribution in [3.05, 3.63) is 30.3 Å². The van der Waals surface area contributed by atoms with Crippen LogP contribution < -0.4 is 4.90 Å². The Balaban J connectivity index is 2.73. The minimum absolute atomic E-state index is 0.0703. The van der Waals surface area contributed by atoms with E-state index in [0.717, 1.165) is 12.2 Å². The number of nitriles is 1. The van der Waals surface area contributed by atoms with E-state index < -0.39 is 0 Å². The van der Waals surface area contributed by atoms with Crippen molar-refractivity contribution < 1.29 is 4.79 Å². The van der Waals surface area contributed by atoms with E-state index in [1.54, 1.807) is 4.90 Å². The molecule has 0 N–H and O–H groups in total. The van der Waals surface area contributed by atoms with E-state index in [4.69, 9.17) is 5.26 Å². The molecule has 0 atom stereocenters. The fraction of sp³-hybridized carbons (Fsp3) is 0.500. The maximum Gasteiger partial charge on any atom is 0.242 e. The van der Waals surface area contributed by atoms with Gasteiger partial charge in [-0.25, -0.2) is 0 Å². The van der Waals surface area contributed by atoms with Gasteiger partial charge in [-0.15, -0.1) is 0 Å². The summed E-state index contributed by atoms with van der Waals surface area (Å²) in [6.45, 7) is 7.63. The van der Waals surface area contributed by atoms with Gasteiger partial charge < -0.3 is 9.80 Å². The summed E-state index contributed by atoms with van der Waals surface area (Å²) >= 11 is 0. The minimum atomic E-state index is 0.0703. The fourth-order valence-corrected chi connectivity index (χ4v) is 2.12. The largest absolute Gasteiger partial charge is 0.362 e. The zero-order valence-corrected chi connectivity index (χ0v) is 12.5. The highest BCUT2D eigenvalue weighted by molar-refractivity contribution is 5.81. The number of anilines is 1. The zero-order chi connectivity index (χ0) is 15.0. The van der Waals surface area contributed by atoms with E-state index >= 15 is 0 Å². The van der Waals surface area contributed by atoms with Crippen molar-refractivity contribution in [1.82, 2.24) is 4.90 Å². The van der Waals surface area contributed by atoms with Crippen LogP contribution in [0.2, 0.25) is 0 Å². The van der Waals surface area contributed by atoms with Crippen molar-refractivity contribution in [1.29, 1.82) is 5.26 Å².